The number of nitrogens with one attached hydrogen (secondary N) is 2. The normalized spacial score (nSPS) is 11.2. The van der Waals surface area contributed by atoms with Crippen LogP contribution in [0.2, 0.25) is 0 Å². The van der Waals surface area contributed by atoms with Gasteiger partial charge in [-0.3, -0.25) is 9.59 Å². The zero-order chi connectivity index (χ0) is 15.9. The molecule has 0 aromatic carbocycles. The molecule has 0 spiro atoms. The molecule has 6 nitrogen and oxygen atoms in total. The predicted octanol–water partition coefficient (Wildman–Crippen LogP) is 2.94. The lowest BCUT2D eigenvalue weighted by molar-refractivity contribution is -0.139. The third-order valence-electron chi connectivity index (χ3n) is 2.11. The molecular weight excluding hydrogens is 456 g/mol. The highest BCUT2D eigenvalue weighted by molar-refractivity contribution is 9.11. The Morgan fingerprint density at radius 2 is 1.27 bits per heavy atom. The molecule has 0 aliphatic carbocycles. The highest BCUT2D eigenvalue weighted by atomic mass is 79.9. The van der Waals surface area contributed by atoms with Crippen molar-refractivity contribution in [3.8, 4) is 0 Å². The molecule has 0 aliphatic rings. The van der Waals surface area contributed by atoms with Crippen LogP contribution in [0, 0.1) is 0 Å². The number of nitrogens with zero attached hydrogens (tertiary/aromatic N) is 2. The Kier molecular flexibility index (Phi) is 6.43. The Bertz CT molecular complexity index is 677. The number of halogens is 2. The molecule has 2 N–H and O–H groups in total. The molecule has 0 unspecified atom stereocenters. The molecule has 10 heteroatoms. The molecule has 22 heavy (non-hydrogen) atoms. The van der Waals surface area contributed by atoms with Gasteiger partial charge in [-0.15, -0.1) is 22.7 Å². The van der Waals surface area contributed by atoms with Gasteiger partial charge in [0.15, 0.2) is 0 Å². The van der Waals surface area contributed by atoms with E-state index in [4.69, 9.17) is 0 Å². The summed E-state index contributed by atoms with van der Waals surface area (Å²) in [6, 6.07) is 7.37. The van der Waals surface area contributed by atoms with Gasteiger partial charge in [-0.25, -0.2) is 10.9 Å². The van der Waals surface area contributed by atoms with Crippen LogP contribution < -0.4 is 10.9 Å². The van der Waals surface area contributed by atoms with E-state index >= 15 is 0 Å². The van der Waals surface area contributed by atoms with Crippen LogP contribution in [-0.2, 0) is 9.59 Å². The summed E-state index contributed by atoms with van der Waals surface area (Å²) in [4.78, 5) is 24.6. The van der Waals surface area contributed by atoms with Crippen molar-refractivity contribution in [1.29, 1.82) is 0 Å². The number of thiophene rings is 2. The van der Waals surface area contributed by atoms with Crippen molar-refractivity contribution in [1.82, 2.24) is 10.9 Å². The van der Waals surface area contributed by atoms with E-state index in [2.05, 4.69) is 52.9 Å². The monoisotopic (exact) mass is 462 g/mol. The smallest absolute Gasteiger partial charge is 0.262 e. The molecule has 2 aromatic heterocycles. The first-order valence-electron chi connectivity index (χ1n) is 5.72. The molecule has 0 saturated heterocycles. The second-order valence-corrected chi connectivity index (χ2v) is 8.67. The van der Waals surface area contributed by atoms with Gasteiger partial charge >= 0.3 is 11.8 Å². The maximum Gasteiger partial charge on any atom is 0.331 e. The SMILES string of the molecule is O=C(N/N=C/c1ccc(Br)s1)C(=O)N/N=C/c1ccc(Br)s1. The average Bonchev–Trinajstić information content (AvgIpc) is 3.07. The number of rotatable bonds is 4. The molecule has 0 aliphatic heterocycles. The van der Waals surface area contributed by atoms with Crippen LogP contribution in [0.25, 0.3) is 0 Å². The van der Waals surface area contributed by atoms with E-state index in [-0.39, 0.29) is 0 Å². The lowest BCUT2D eigenvalue weighted by Crippen LogP contribution is -2.35. The number of carbonyl (C=O) groups excluding carboxylic acids is 2. The highest BCUT2D eigenvalue weighted by Gasteiger charge is 2.11. The lowest BCUT2D eigenvalue weighted by atomic mass is 10.5. The van der Waals surface area contributed by atoms with Crippen LogP contribution >= 0.6 is 54.5 Å². The van der Waals surface area contributed by atoms with Crippen LogP contribution in [0.15, 0.2) is 42.0 Å². The minimum atomic E-state index is -0.892. The van der Waals surface area contributed by atoms with Gasteiger partial charge < -0.3 is 0 Å². The van der Waals surface area contributed by atoms with Crippen LogP contribution in [-0.4, -0.2) is 24.2 Å². The first kappa shape index (κ1) is 17.0. The largest absolute Gasteiger partial charge is 0.331 e. The molecule has 2 heterocycles. The van der Waals surface area contributed by atoms with Gasteiger partial charge in [0.25, 0.3) is 0 Å². The summed E-state index contributed by atoms with van der Waals surface area (Å²) in [5.41, 5.74) is 4.25. The van der Waals surface area contributed by atoms with Gasteiger partial charge in [0.05, 0.1) is 20.0 Å². The Morgan fingerprint density at radius 1 is 0.864 bits per heavy atom. The number of amides is 2. The van der Waals surface area contributed by atoms with Crippen molar-refractivity contribution in [2.75, 3.05) is 0 Å². The van der Waals surface area contributed by atoms with Gasteiger partial charge in [0, 0.05) is 9.75 Å². The van der Waals surface area contributed by atoms with Gasteiger partial charge in [-0.2, -0.15) is 10.2 Å². The van der Waals surface area contributed by atoms with Gasteiger partial charge in [0.1, 0.15) is 0 Å². The molecule has 0 fully saturated rings. The van der Waals surface area contributed by atoms with E-state index in [1.807, 2.05) is 24.3 Å². The minimum absolute atomic E-state index is 0.842. The Labute approximate surface area is 150 Å². The van der Waals surface area contributed by atoms with Gasteiger partial charge in [-0.05, 0) is 56.1 Å². The number of carbonyl (C=O) groups is 2. The molecule has 2 rings (SSSR count). The predicted molar refractivity (Wildman–Crippen MR) is 95.5 cm³/mol. The van der Waals surface area contributed by atoms with E-state index in [0.29, 0.717) is 0 Å². The summed E-state index contributed by atoms with van der Waals surface area (Å²) in [7, 11) is 0. The fourth-order valence-electron chi connectivity index (χ4n) is 1.21. The van der Waals surface area contributed by atoms with Crippen molar-refractivity contribution < 1.29 is 9.59 Å². The maximum atomic E-state index is 11.5. The number of hydrazone groups is 2. The Morgan fingerprint density at radius 3 is 1.59 bits per heavy atom. The fraction of sp³-hybridized carbons (Fsp3) is 0. The van der Waals surface area contributed by atoms with E-state index < -0.39 is 11.8 Å². The first-order chi connectivity index (χ1) is 10.5. The molecule has 0 atom stereocenters. The van der Waals surface area contributed by atoms with Crippen LogP contribution in [0.3, 0.4) is 0 Å². The van der Waals surface area contributed by atoms with E-state index in [1.54, 1.807) is 0 Å². The quantitative estimate of drug-likeness (QED) is 0.415. The molecule has 0 saturated carbocycles. The van der Waals surface area contributed by atoms with Crippen molar-refractivity contribution in [3.05, 3.63) is 41.6 Å². The zero-order valence-electron chi connectivity index (χ0n) is 10.7. The number of hydrogen-bond donors (Lipinski definition) is 2. The summed E-state index contributed by atoms with van der Waals surface area (Å²) >= 11 is 9.53. The molecule has 0 radical (unpaired) electrons. The summed E-state index contributed by atoms with van der Waals surface area (Å²) in [5, 5.41) is 7.39. The van der Waals surface area contributed by atoms with Crippen LogP contribution in [0.1, 0.15) is 9.75 Å². The Balaban J connectivity index is 1.78. The lowest BCUT2D eigenvalue weighted by Gasteiger charge is -1.97. The van der Waals surface area contributed by atoms with E-state index in [0.717, 1.165) is 17.3 Å². The first-order valence-corrected chi connectivity index (χ1v) is 8.93. The van der Waals surface area contributed by atoms with E-state index in [1.165, 1.54) is 35.1 Å². The van der Waals surface area contributed by atoms with Crippen LogP contribution in [0.4, 0.5) is 0 Å². The average molecular weight is 464 g/mol. The standard InChI is InChI=1S/C12H8Br2N4O2S2/c13-9-3-1-7(21-9)5-15-17-11(19)12(20)18-16-6-8-2-4-10(14)22-8/h1-6H,(H,17,19)(H,18,20)/b15-5+,16-6+. The molecule has 2 aromatic rings. The highest BCUT2D eigenvalue weighted by Crippen LogP contribution is 2.20. The topological polar surface area (TPSA) is 82.9 Å². The summed E-state index contributed by atoms with van der Waals surface area (Å²) in [5.74, 6) is -1.78. The summed E-state index contributed by atoms with van der Waals surface area (Å²) < 4.78 is 1.90. The zero-order valence-corrected chi connectivity index (χ0v) is 15.6. The molecule has 114 valence electrons. The fourth-order valence-corrected chi connectivity index (χ4v) is 3.80. The second kappa shape index (κ2) is 8.32. The van der Waals surface area contributed by atoms with Gasteiger partial charge in [-0.1, -0.05) is 0 Å². The van der Waals surface area contributed by atoms with Crippen molar-refractivity contribution >= 4 is 78.8 Å². The minimum Gasteiger partial charge on any atom is -0.262 e. The number of hydrogen-bond acceptors (Lipinski definition) is 6. The van der Waals surface area contributed by atoms with Gasteiger partial charge in [0.2, 0.25) is 0 Å². The third-order valence-corrected chi connectivity index (χ3v) is 5.23. The van der Waals surface area contributed by atoms with Crippen LogP contribution in [0.5, 0.6) is 0 Å². The Hall–Kier alpha value is -1.36. The van der Waals surface area contributed by atoms with E-state index in [9.17, 15) is 9.59 Å². The van der Waals surface area contributed by atoms with Crippen molar-refractivity contribution in [2.45, 2.75) is 0 Å². The summed E-state index contributed by atoms with van der Waals surface area (Å²) in [6.07, 6.45) is 2.90. The third kappa shape index (κ3) is 5.44. The second-order valence-electron chi connectivity index (χ2n) is 3.68. The van der Waals surface area contributed by atoms with Crippen molar-refractivity contribution in [2.24, 2.45) is 10.2 Å². The molecule has 0 bridgehead atoms. The molecular formula is C12H8Br2N4O2S2. The van der Waals surface area contributed by atoms with Crippen molar-refractivity contribution in [3.63, 3.8) is 0 Å². The molecule has 2 amide bonds. The summed E-state index contributed by atoms with van der Waals surface area (Å²) in [6.45, 7) is 0. The maximum absolute atomic E-state index is 11.5.